The topological polar surface area (TPSA) is 66.9 Å². The zero-order chi connectivity index (χ0) is 15.6. The fraction of sp³-hybridized carbons (Fsp3) is 0.929. The van der Waals surface area contributed by atoms with Crippen molar-refractivity contribution < 1.29 is 17.9 Å². The second kappa shape index (κ2) is 6.52. The third-order valence-corrected chi connectivity index (χ3v) is 6.47. The van der Waals surface area contributed by atoms with E-state index < -0.39 is 16.3 Å². The summed E-state index contributed by atoms with van der Waals surface area (Å²) >= 11 is 0. The number of carbonyl (C=O) groups excluding carboxylic acids is 1. The molecule has 7 heteroatoms. The van der Waals surface area contributed by atoms with Crippen LogP contribution in [0.25, 0.3) is 0 Å². The smallest absolute Gasteiger partial charge is 0.424 e. The highest BCUT2D eigenvalue weighted by atomic mass is 32.2. The molecule has 0 unspecified atom stereocenters. The molecule has 0 bridgehead atoms. The van der Waals surface area contributed by atoms with Gasteiger partial charge in [-0.15, -0.1) is 0 Å². The Labute approximate surface area is 127 Å². The van der Waals surface area contributed by atoms with E-state index in [1.54, 1.807) is 0 Å². The maximum atomic E-state index is 12.4. The molecule has 0 spiro atoms. The second-order valence-electron chi connectivity index (χ2n) is 6.46. The van der Waals surface area contributed by atoms with Gasteiger partial charge in [0.05, 0.1) is 13.7 Å². The van der Waals surface area contributed by atoms with Gasteiger partial charge in [-0.25, -0.2) is 4.79 Å². The van der Waals surface area contributed by atoms with Crippen molar-refractivity contribution in [3.63, 3.8) is 0 Å². The first-order valence-corrected chi connectivity index (χ1v) is 9.13. The predicted octanol–water partition coefficient (Wildman–Crippen LogP) is 2.22. The molecule has 0 aromatic carbocycles. The zero-order valence-electron chi connectivity index (χ0n) is 13.1. The molecule has 1 saturated heterocycles. The molecule has 1 heterocycles. The summed E-state index contributed by atoms with van der Waals surface area (Å²) in [7, 11) is -2.48. The maximum Gasteiger partial charge on any atom is 0.424 e. The molecule has 0 N–H and O–H groups in total. The van der Waals surface area contributed by atoms with Gasteiger partial charge in [-0.2, -0.15) is 17.0 Å². The average molecular weight is 318 g/mol. The summed E-state index contributed by atoms with van der Waals surface area (Å²) in [5.41, 5.74) is 0. The van der Waals surface area contributed by atoms with Crippen molar-refractivity contribution >= 4 is 16.3 Å². The van der Waals surface area contributed by atoms with Crippen LogP contribution in [0.1, 0.15) is 46.0 Å². The normalized spacial score (nSPS) is 29.8. The lowest BCUT2D eigenvalue weighted by atomic mass is 9.81. The van der Waals surface area contributed by atoms with Crippen LogP contribution in [0.3, 0.4) is 0 Å². The summed E-state index contributed by atoms with van der Waals surface area (Å²) < 4.78 is 31.7. The summed E-state index contributed by atoms with van der Waals surface area (Å²) in [4.78, 5) is 11.5. The number of nitrogens with zero attached hydrogens (tertiary/aromatic N) is 2. The van der Waals surface area contributed by atoms with Gasteiger partial charge in [0.15, 0.2) is 0 Å². The average Bonchev–Trinajstić information content (AvgIpc) is 2.73. The first-order valence-electron chi connectivity index (χ1n) is 7.73. The van der Waals surface area contributed by atoms with Crippen LogP contribution in [-0.4, -0.2) is 49.4 Å². The van der Waals surface area contributed by atoms with E-state index in [-0.39, 0.29) is 12.6 Å². The Balaban J connectivity index is 1.97. The summed E-state index contributed by atoms with van der Waals surface area (Å²) in [6.07, 6.45) is 4.37. The van der Waals surface area contributed by atoms with Gasteiger partial charge in [0.2, 0.25) is 0 Å². The minimum atomic E-state index is -3.69. The number of hydrogen-bond acceptors (Lipinski definition) is 4. The van der Waals surface area contributed by atoms with E-state index in [9.17, 15) is 13.2 Å². The van der Waals surface area contributed by atoms with Crippen LogP contribution in [0.15, 0.2) is 0 Å². The number of rotatable bonds is 3. The molecule has 1 amide bonds. The minimum absolute atomic E-state index is 0.0352. The van der Waals surface area contributed by atoms with E-state index in [1.165, 1.54) is 17.8 Å². The van der Waals surface area contributed by atoms with Gasteiger partial charge < -0.3 is 4.74 Å². The molecule has 0 atom stereocenters. The lowest BCUT2D eigenvalue weighted by molar-refractivity contribution is 0.152. The van der Waals surface area contributed by atoms with E-state index in [1.807, 2.05) is 0 Å². The van der Waals surface area contributed by atoms with E-state index in [2.05, 4.69) is 18.6 Å². The van der Waals surface area contributed by atoms with Crippen LogP contribution < -0.4 is 0 Å². The van der Waals surface area contributed by atoms with Crippen LogP contribution >= 0.6 is 0 Å². The Hall–Kier alpha value is -0.820. The predicted molar refractivity (Wildman–Crippen MR) is 79.9 cm³/mol. The number of carbonyl (C=O) groups is 1. The van der Waals surface area contributed by atoms with Crippen LogP contribution in [0.5, 0.6) is 0 Å². The van der Waals surface area contributed by atoms with Crippen molar-refractivity contribution in [2.45, 2.75) is 52.0 Å². The van der Waals surface area contributed by atoms with Crippen molar-refractivity contribution in [2.75, 3.05) is 20.2 Å². The molecule has 2 aliphatic rings. The highest BCUT2D eigenvalue weighted by Gasteiger charge is 2.44. The number of methoxy groups -OCH3 is 1. The number of ether oxygens (including phenoxy) is 1. The van der Waals surface area contributed by atoms with Crippen LogP contribution in [0, 0.1) is 11.8 Å². The molecule has 21 heavy (non-hydrogen) atoms. The first kappa shape index (κ1) is 16.5. The van der Waals surface area contributed by atoms with Gasteiger partial charge in [0, 0.05) is 12.6 Å². The first-order chi connectivity index (χ1) is 9.86. The third-order valence-electron chi connectivity index (χ3n) is 4.50. The van der Waals surface area contributed by atoms with Gasteiger partial charge in [-0.05, 0) is 43.9 Å². The molecule has 0 aromatic rings. The SMILES string of the molecule is COC(=O)N1CCN([C@H]2CC[C@H](CC(C)C)CC2)S1(=O)=O. The van der Waals surface area contributed by atoms with E-state index >= 15 is 0 Å². The van der Waals surface area contributed by atoms with E-state index in [4.69, 9.17) is 0 Å². The fourth-order valence-corrected chi connectivity index (χ4v) is 5.27. The highest BCUT2D eigenvalue weighted by Crippen LogP contribution is 2.34. The lowest BCUT2D eigenvalue weighted by Crippen LogP contribution is -2.43. The van der Waals surface area contributed by atoms with Gasteiger partial charge in [0.25, 0.3) is 0 Å². The van der Waals surface area contributed by atoms with Gasteiger partial charge in [-0.3, -0.25) is 0 Å². The summed E-state index contributed by atoms with van der Waals surface area (Å²) in [5.74, 6) is 1.40. The van der Waals surface area contributed by atoms with E-state index in [0.717, 1.165) is 30.0 Å². The van der Waals surface area contributed by atoms with Crippen LogP contribution in [-0.2, 0) is 14.9 Å². The Bertz CT molecular complexity index is 469. The van der Waals surface area contributed by atoms with E-state index in [0.29, 0.717) is 18.4 Å². The van der Waals surface area contributed by atoms with Gasteiger partial charge in [-0.1, -0.05) is 13.8 Å². The molecule has 1 aliphatic heterocycles. The van der Waals surface area contributed by atoms with Crippen molar-refractivity contribution in [2.24, 2.45) is 11.8 Å². The van der Waals surface area contributed by atoms with Gasteiger partial charge >= 0.3 is 16.3 Å². The third kappa shape index (κ3) is 3.51. The number of amides is 1. The quantitative estimate of drug-likeness (QED) is 0.800. The van der Waals surface area contributed by atoms with Crippen molar-refractivity contribution in [1.29, 1.82) is 0 Å². The van der Waals surface area contributed by atoms with Crippen LogP contribution in [0.2, 0.25) is 0 Å². The second-order valence-corrected chi connectivity index (χ2v) is 8.27. The molecular formula is C14H26N2O4S. The molecular weight excluding hydrogens is 292 g/mol. The standard InChI is InChI=1S/C14H26N2O4S/c1-11(2)10-12-4-6-13(7-5-12)15-8-9-16(14(17)20-3)21(15,18)19/h11-13H,4-10H2,1-3H3/t12-,13-. The maximum absolute atomic E-state index is 12.4. The fourth-order valence-electron chi connectivity index (χ4n) is 3.54. The van der Waals surface area contributed by atoms with Crippen molar-refractivity contribution in [3.05, 3.63) is 0 Å². The molecule has 122 valence electrons. The minimum Gasteiger partial charge on any atom is -0.452 e. The molecule has 1 aliphatic carbocycles. The highest BCUT2D eigenvalue weighted by molar-refractivity contribution is 7.87. The molecule has 0 aromatic heterocycles. The number of hydrogen-bond donors (Lipinski definition) is 0. The van der Waals surface area contributed by atoms with Crippen molar-refractivity contribution in [3.8, 4) is 0 Å². The largest absolute Gasteiger partial charge is 0.452 e. The Morgan fingerprint density at radius 2 is 1.81 bits per heavy atom. The summed E-state index contributed by atoms with van der Waals surface area (Å²) in [5, 5.41) is 0. The Kier molecular flexibility index (Phi) is 5.14. The molecule has 2 fully saturated rings. The molecule has 0 radical (unpaired) electrons. The molecule has 6 nitrogen and oxygen atoms in total. The van der Waals surface area contributed by atoms with Crippen molar-refractivity contribution in [1.82, 2.24) is 8.61 Å². The van der Waals surface area contributed by atoms with Crippen LogP contribution in [0.4, 0.5) is 4.79 Å². The summed E-state index contributed by atoms with van der Waals surface area (Å²) in [6.45, 7) is 5.04. The lowest BCUT2D eigenvalue weighted by Gasteiger charge is -2.34. The zero-order valence-corrected chi connectivity index (χ0v) is 13.9. The summed E-state index contributed by atoms with van der Waals surface area (Å²) in [6, 6.07) is 0.0352. The molecule has 1 saturated carbocycles. The van der Waals surface area contributed by atoms with Gasteiger partial charge in [0.1, 0.15) is 0 Å². The Morgan fingerprint density at radius 1 is 1.19 bits per heavy atom. The Morgan fingerprint density at radius 3 is 2.33 bits per heavy atom. The molecule has 2 rings (SSSR count). The monoisotopic (exact) mass is 318 g/mol.